The van der Waals surface area contributed by atoms with Crippen LogP contribution in [-0.4, -0.2) is 0 Å². The minimum absolute atomic E-state index is 0.883. The van der Waals surface area contributed by atoms with Crippen LogP contribution in [0.5, 0.6) is 0 Å². The lowest BCUT2D eigenvalue weighted by Gasteiger charge is -2.33. The molecule has 14 rings (SSSR count). The van der Waals surface area contributed by atoms with Crippen LogP contribution in [0.15, 0.2) is 338 Å². The van der Waals surface area contributed by atoms with Crippen molar-refractivity contribution in [1.29, 1.82) is 0 Å². The summed E-state index contributed by atoms with van der Waals surface area (Å²) >= 11 is 0. The van der Waals surface area contributed by atoms with Gasteiger partial charge in [0, 0.05) is 44.9 Å². The number of hydrogen-bond acceptors (Lipinski definition) is 4. The normalized spacial score (nSPS) is 11.2. The summed E-state index contributed by atoms with van der Waals surface area (Å²) < 4.78 is 6.24. The summed E-state index contributed by atoms with van der Waals surface area (Å²) in [6.45, 7) is 0. The van der Waals surface area contributed by atoms with E-state index in [1.54, 1.807) is 0 Å². The molecule has 82 heavy (non-hydrogen) atoms. The van der Waals surface area contributed by atoms with Gasteiger partial charge in [-0.15, -0.1) is 0 Å². The Kier molecular flexibility index (Phi) is 13.3. The number of rotatable bonds is 14. The van der Waals surface area contributed by atoms with Crippen molar-refractivity contribution >= 4 is 73.1 Å². The van der Waals surface area contributed by atoms with Crippen LogP contribution in [-0.2, 0) is 0 Å². The van der Waals surface area contributed by atoms with Crippen LogP contribution in [0.25, 0.3) is 77.6 Å². The summed E-state index contributed by atoms with van der Waals surface area (Å²) in [6.07, 6.45) is 0. The van der Waals surface area contributed by atoms with Crippen LogP contribution in [0.2, 0.25) is 0 Å². The minimum Gasteiger partial charge on any atom is -0.456 e. The number of fused-ring (bicyclic) bond motifs is 3. The maximum atomic E-state index is 6.24. The summed E-state index contributed by atoms with van der Waals surface area (Å²) in [5.41, 5.74) is 22.3. The maximum absolute atomic E-state index is 6.24. The molecular weight excluding hydrogens is 995 g/mol. The van der Waals surface area contributed by atoms with E-state index in [-0.39, 0.29) is 0 Å². The molecular formula is C78H55N3O. The second kappa shape index (κ2) is 22.1. The molecule has 0 bridgehead atoms. The van der Waals surface area contributed by atoms with Crippen molar-refractivity contribution < 1.29 is 4.42 Å². The third-order valence-electron chi connectivity index (χ3n) is 15.4. The molecule has 4 nitrogen and oxygen atoms in total. The Labute approximate surface area is 478 Å². The Morgan fingerprint density at radius 2 is 0.439 bits per heavy atom. The van der Waals surface area contributed by atoms with Crippen LogP contribution >= 0.6 is 0 Å². The molecule has 0 spiro atoms. The van der Waals surface area contributed by atoms with E-state index in [9.17, 15) is 0 Å². The van der Waals surface area contributed by atoms with E-state index < -0.39 is 0 Å². The Morgan fingerprint density at radius 1 is 0.159 bits per heavy atom. The van der Waals surface area contributed by atoms with Crippen LogP contribution < -0.4 is 14.7 Å². The molecule has 0 saturated heterocycles. The van der Waals surface area contributed by atoms with Gasteiger partial charge in [0.2, 0.25) is 0 Å². The zero-order valence-electron chi connectivity index (χ0n) is 45.0. The first-order chi connectivity index (χ1) is 40.6. The second-order valence-corrected chi connectivity index (χ2v) is 20.6. The predicted octanol–water partition coefficient (Wildman–Crippen LogP) is 22.3. The molecule has 0 atom stereocenters. The highest BCUT2D eigenvalue weighted by atomic mass is 16.3. The van der Waals surface area contributed by atoms with E-state index >= 15 is 0 Å². The van der Waals surface area contributed by atoms with Gasteiger partial charge in [0.1, 0.15) is 11.2 Å². The molecule has 0 aliphatic rings. The number of benzene rings is 13. The first-order valence-electron chi connectivity index (χ1n) is 27.9. The Bertz CT molecular complexity index is 4280. The Hall–Kier alpha value is -10.9. The van der Waals surface area contributed by atoms with Crippen molar-refractivity contribution in [3.63, 3.8) is 0 Å². The van der Waals surface area contributed by atoms with Crippen LogP contribution in [0, 0.1) is 0 Å². The van der Waals surface area contributed by atoms with Crippen LogP contribution in [0.3, 0.4) is 0 Å². The van der Waals surface area contributed by atoms with E-state index in [1.807, 2.05) is 12.1 Å². The molecule has 388 valence electrons. The predicted molar refractivity (Wildman–Crippen MR) is 345 cm³/mol. The number of anilines is 9. The highest BCUT2D eigenvalue weighted by Crippen LogP contribution is 2.48. The molecule has 0 unspecified atom stereocenters. The molecule has 4 heteroatoms. The minimum atomic E-state index is 0.883. The summed E-state index contributed by atoms with van der Waals surface area (Å²) in [6, 6.07) is 120. The molecule has 0 aliphatic heterocycles. The second-order valence-electron chi connectivity index (χ2n) is 20.6. The van der Waals surface area contributed by atoms with Crippen molar-refractivity contribution in [2.45, 2.75) is 0 Å². The standard InChI is InChI=1S/C78H55N3O/c1-6-20-56(21-7-1)60-36-43-68(44-37-60)80(70-32-18-28-63(50-70)58-24-10-3-11-25-58)73-53-72(79(66-30-14-5-15-31-66)67-47-40-62(41-48-67)65-42-49-78-76(52-65)75-34-16-17-35-77(75)82-78)54-74(55-73)81(69-45-38-61(39-46-69)57-22-8-2-9-23-57)71-33-19-29-64(51-71)59-26-12-4-13-27-59/h1-55H. The van der Waals surface area contributed by atoms with Crippen molar-refractivity contribution in [2.75, 3.05) is 14.7 Å². The van der Waals surface area contributed by atoms with Gasteiger partial charge in [0.25, 0.3) is 0 Å². The van der Waals surface area contributed by atoms with Gasteiger partial charge in [-0.05, 0) is 165 Å². The van der Waals surface area contributed by atoms with Crippen molar-refractivity contribution in [3.05, 3.63) is 334 Å². The lowest BCUT2D eigenvalue weighted by Crippen LogP contribution is -2.16. The van der Waals surface area contributed by atoms with Gasteiger partial charge in [-0.1, -0.05) is 224 Å². The fraction of sp³-hybridized carbons (Fsp3) is 0. The van der Waals surface area contributed by atoms with Crippen LogP contribution in [0.1, 0.15) is 0 Å². The zero-order chi connectivity index (χ0) is 54.6. The molecule has 0 amide bonds. The Balaban J connectivity index is 0.995. The van der Waals surface area contributed by atoms with Gasteiger partial charge in [-0.25, -0.2) is 0 Å². The quantitative estimate of drug-likeness (QED) is 0.108. The number of furan rings is 1. The number of nitrogens with zero attached hydrogens (tertiary/aromatic N) is 3. The fourth-order valence-electron chi connectivity index (χ4n) is 11.4. The van der Waals surface area contributed by atoms with Gasteiger partial charge in [-0.3, -0.25) is 0 Å². The maximum Gasteiger partial charge on any atom is 0.135 e. The summed E-state index contributed by atoms with van der Waals surface area (Å²) in [5, 5.41) is 2.22. The Morgan fingerprint density at radius 3 is 0.878 bits per heavy atom. The summed E-state index contributed by atoms with van der Waals surface area (Å²) in [4.78, 5) is 7.21. The highest BCUT2D eigenvalue weighted by Gasteiger charge is 2.24. The molecule has 0 saturated carbocycles. The van der Waals surface area contributed by atoms with Gasteiger partial charge in [-0.2, -0.15) is 0 Å². The monoisotopic (exact) mass is 1050 g/mol. The molecule has 0 N–H and O–H groups in total. The third kappa shape index (κ3) is 9.98. The highest BCUT2D eigenvalue weighted by molar-refractivity contribution is 6.06. The van der Waals surface area contributed by atoms with E-state index in [1.165, 1.54) is 11.1 Å². The molecule has 13 aromatic carbocycles. The van der Waals surface area contributed by atoms with Gasteiger partial charge >= 0.3 is 0 Å². The lowest BCUT2D eigenvalue weighted by molar-refractivity contribution is 0.669. The fourth-order valence-corrected chi connectivity index (χ4v) is 11.4. The lowest BCUT2D eigenvalue weighted by atomic mass is 10.0. The molecule has 0 aliphatic carbocycles. The zero-order valence-corrected chi connectivity index (χ0v) is 45.0. The van der Waals surface area contributed by atoms with Gasteiger partial charge < -0.3 is 19.1 Å². The first kappa shape index (κ1) is 49.4. The molecule has 0 fully saturated rings. The van der Waals surface area contributed by atoms with Gasteiger partial charge in [0.15, 0.2) is 0 Å². The largest absolute Gasteiger partial charge is 0.456 e. The van der Waals surface area contributed by atoms with E-state index in [0.717, 1.165) is 118 Å². The third-order valence-corrected chi connectivity index (χ3v) is 15.4. The van der Waals surface area contributed by atoms with Crippen molar-refractivity contribution in [2.24, 2.45) is 0 Å². The molecule has 1 aromatic heterocycles. The summed E-state index contributed by atoms with van der Waals surface area (Å²) in [5.74, 6) is 0. The molecule has 1 heterocycles. The SMILES string of the molecule is c1ccc(-c2ccc(N(c3cccc(-c4ccccc4)c3)c3cc(N(c4ccccc4)c4ccc(-c5ccc6oc7ccccc7c6c5)cc4)cc(N(c4ccc(-c5ccccc5)cc4)c4cccc(-c5ccccc5)c4)c3)cc2)cc1. The first-order valence-corrected chi connectivity index (χ1v) is 27.9. The van der Waals surface area contributed by atoms with Crippen molar-refractivity contribution in [3.8, 4) is 55.6 Å². The van der Waals surface area contributed by atoms with E-state index in [4.69, 9.17) is 4.42 Å². The summed E-state index contributed by atoms with van der Waals surface area (Å²) in [7, 11) is 0. The van der Waals surface area contributed by atoms with Gasteiger partial charge in [0.05, 0.1) is 17.1 Å². The smallest absolute Gasteiger partial charge is 0.135 e. The molecule has 14 aromatic rings. The van der Waals surface area contributed by atoms with E-state index in [0.29, 0.717) is 0 Å². The average molecular weight is 1050 g/mol. The molecule has 0 radical (unpaired) electrons. The van der Waals surface area contributed by atoms with E-state index in [2.05, 4.69) is 336 Å². The topological polar surface area (TPSA) is 22.9 Å². The average Bonchev–Trinajstić information content (AvgIpc) is 3.99. The van der Waals surface area contributed by atoms with Crippen molar-refractivity contribution in [1.82, 2.24) is 0 Å². The van der Waals surface area contributed by atoms with Crippen LogP contribution in [0.4, 0.5) is 51.2 Å². The number of hydrogen-bond donors (Lipinski definition) is 0. The number of para-hydroxylation sites is 2.